The van der Waals surface area contributed by atoms with E-state index in [9.17, 15) is 4.79 Å². The summed E-state index contributed by atoms with van der Waals surface area (Å²) in [7, 11) is 0. The van der Waals surface area contributed by atoms with Gasteiger partial charge in [-0.1, -0.05) is 0 Å². The Balaban J connectivity index is 1.30. The Labute approximate surface area is 158 Å². The van der Waals surface area contributed by atoms with Gasteiger partial charge >= 0.3 is 0 Å². The molecule has 0 unspecified atom stereocenters. The molecule has 2 aromatic heterocycles. The fraction of sp³-hybridized carbons (Fsp3) is 0.579. The number of nitrogens with zero attached hydrogens (tertiary/aromatic N) is 5. The summed E-state index contributed by atoms with van der Waals surface area (Å²) in [5.41, 5.74) is 4.14. The Bertz CT molecular complexity index is 826. The number of anilines is 1. The number of aromatic nitrogens is 4. The van der Waals surface area contributed by atoms with Gasteiger partial charge in [-0.25, -0.2) is 9.97 Å². The SMILES string of the molecule is Cc1cc(C)n(CC(=O)NC2CCN(c3ncc4c(n3)CCOC4)CC2)n1. The highest BCUT2D eigenvalue weighted by molar-refractivity contribution is 5.76. The topological polar surface area (TPSA) is 85.2 Å². The number of nitrogens with one attached hydrogen (secondary N) is 1. The molecule has 1 fully saturated rings. The number of hydrogen-bond acceptors (Lipinski definition) is 6. The number of ether oxygens (including phenoxy) is 1. The predicted octanol–water partition coefficient (Wildman–Crippen LogP) is 1.15. The third-order valence-corrected chi connectivity index (χ3v) is 5.22. The van der Waals surface area contributed by atoms with Crippen molar-refractivity contribution in [1.29, 1.82) is 0 Å². The number of aryl methyl sites for hydroxylation is 2. The van der Waals surface area contributed by atoms with E-state index >= 15 is 0 Å². The van der Waals surface area contributed by atoms with Gasteiger partial charge in [0.2, 0.25) is 11.9 Å². The van der Waals surface area contributed by atoms with Crippen LogP contribution in [0.1, 0.15) is 35.5 Å². The maximum atomic E-state index is 12.3. The number of amides is 1. The maximum absolute atomic E-state index is 12.3. The molecule has 0 aliphatic carbocycles. The van der Waals surface area contributed by atoms with Crippen LogP contribution in [0.4, 0.5) is 5.95 Å². The van der Waals surface area contributed by atoms with Gasteiger partial charge in [-0.2, -0.15) is 5.10 Å². The average molecular weight is 370 g/mol. The molecule has 4 heterocycles. The standard InChI is InChI=1S/C19H26N6O2/c1-13-9-14(2)25(23-13)11-18(26)21-16-3-6-24(7-4-16)19-20-10-15-12-27-8-5-17(15)22-19/h9-10,16H,3-8,11-12H2,1-2H3,(H,21,26). The van der Waals surface area contributed by atoms with Crippen LogP contribution in [-0.2, 0) is 29.1 Å². The Morgan fingerprint density at radius 2 is 2.15 bits per heavy atom. The second-order valence-corrected chi connectivity index (χ2v) is 7.36. The summed E-state index contributed by atoms with van der Waals surface area (Å²) in [5.74, 6) is 0.813. The molecule has 0 radical (unpaired) electrons. The van der Waals surface area contributed by atoms with Crippen molar-refractivity contribution < 1.29 is 9.53 Å². The smallest absolute Gasteiger partial charge is 0.241 e. The molecule has 1 N–H and O–H groups in total. The molecule has 0 saturated carbocycles. The largest absolute Gasteiger partial charge is 0.376 e. The minimum Gasteiger partial charge on any atom is -0.376 e. The van der Waals surface area contributed by atoms with Gasteiger partial charge in [-0.15, -0.1) is 0 Å². The van der Waals surface area contributed by atoms with Crippen molar-refractivity contribution >= 4 is 11.9 Å². The highest BCUT2D eigenvalue weighted by Crippen LogP contribution is 2.20. The van der Waals surface area contributed by atoms with Crippen LogP contribution in [0.5, 0.6) is 0 Å². The minimum absolute atomic E-state index is 0.0182. The van der Waals surface area contributed by atoms with Gasteiger partial charge in [-0.3, -0.25) is 9.48 Å². The highest BCUT2D eigenvalue weighted by Gasteiger charge is 2.23. The first kappa shape index (κ1) is 17.9. The van der Waals surface area contributed by atoms with Gasteiger partial charge in [0.05, 0.1) is 24.6 Å². The number of carbonyl (C=O) groups excluding carboxylic acids is 1. The van der Waals surface area contributed by atoms with Crippen LogP contribution in [0.15, 0.2) is 12.3 Å². The van der Waals surface area contributed by atoms with Crippen LogP contribution < -0.4 is 10.2 Å². The van der Waals surface area contributed by atoms with E-state index in [0.717, 1.165) is 67.6 Å². The van der Waals surface area contributed by atoms with E-state index in [1.54, 1.807) is 4.68 Å². The molecule has 27 heavy (non-hydrogen) atoms. The van der Waals surface area contributed by atoms with Gasteiger partial charge < -0.3 is 15.0 Å². The van der Waals surface area contributed by atoms with Crippen LogP contribution in [0.2, 0.25) is 0 Å². The van der Waals surface area contributed by atoms with Gasteiger partial charge in [0.15, 0.2) is 0 Å². The van der Waals surface area contributed by atoms with Crippen molar-refractivity contribution in [3.63, 3.8) is 0 Å². The number of hydrogen-bond donors (Lipinski definition) is 1. The first-order valence-corrected chi connectivity index (χ1v) is 9.56. The van der Waals surface area contributed by atoms with Crippen LogP contribution >= 0.6 is 0 Å². The van der Waals surface area contributed by atoms with E-state index in [2.05, 4.69) is 20.3 Å². The van der Waals surface area contributed by atoms with E-state index in [1.807, 2.05) is 26.1 Å². The lowest BCUT2D eigenvalue weighted by Crippen LogP contribution is -2.46. The molecule has 1 amide bonds. The van der Waals surface area contributed by atoms with Crippen LogP contribution in [0.25, 0.3) is 0 Å². The lowest BCUT2D eigenvalue weighted by molar-refractivity contribution is -0.122. The quantitative estimate of drug-likeness (QED) is 0.869. The summed E-state index contributed by atoms with van der Waals surface area (Å²) < 4.78 is 7.20. The molecule has 0 atom stereocenters. The van der Waals surface area contributed by atoms with Crippen molar-refractivity contribution in [1.82, 2.24) is 25.1 Å². The molecule has 0 bridgehead atoms. The number of piperidine rings is 1. The van der Waals surface area contributed by atoms with Crippen LogP contribution in [0.3, 0.4) is 0 Å². The maximum Gasteiger partial charge on any atom is 0.241 e. The number of rotatable bonds is 4. The lowest BCUT2D eigenvalue weighted by Gasteiger charge is -2.33. The summed E-state index contributed by atoms with van der Waals surface area (Å²) in [6, 6.07) is 2.17. The molecule has 2 aromatic rings. The fourth-order valence-electron chi connectivity index (χ4n) is 3.74. The van der Waals surface area contributed by atoms with Crippen LogP contribution in [0, 0.1) is 13.8 Å². The molecule has 8 heteroatoms. The van der Waals surface area contributed by atoms with Gasteiger partial charge in [-0.05, 0) is 32.8 Å². The summed E-state index contributed by atoms with van der Waals surface area (Å²) >= 11 is 0. The van der Waals surface area contributed by atoms with Gasteiger partial charge in [0.25, 0.3) is 0 Å². The Morgan fingerprint density at radius 3 is 2.89 bits per heavy atom. The second-order valence-electron chi connectivity index (χ2n) is 7.36. The van der Waals surface area contributed by atoms with E-state index in [4.69, 9.17) is 9.72 Å². The number of carbonyl (C=O) groups is 1. The second kappa shape index (κ2) is 7.64. The van der Waals surface area contributed by atoms with E-state index in [1.165, 1.54) is 0 Å². The third-order valence-electron chi connectivity index (χ3n) is 5.22. The molecule has 0 aromatic carbocycles. The van der Waals surface area contributed by atoms with E-state index < -0.39 is 0 Å². The van der Waals surface area contributed by atoms with Crippen molar-refractivity contribution in [3.8, 4) is 0 Å². The molecule has 2 aliphatic heterocycles. The zero-order valence-corrected chi connectivity index (χ0v) is 15.9. The van der Waals surface area contributed by atoms with Crippen LogP contribution in [-0.4, -0.2) is 51.4 Å². The summed E-state index contributed by atoms with van der Waals surface area (Å²) in [4.78, 5) is 23.8. The van der Waals surface area contributed by atoms with E-state index in [-0.39, 0.29) is 18.5 Å². The van der Waals surface area contributed by atoms with Crippen molar-refractivity contribution in [3.05, 3.63) is 34.9 Å². The Kier molecular flexibility index (Phi) is 5.07. The third kappa shape index (κ3) is 4.10. The minimum atomic E-state index is 0.0182. The molecule has 4 rings (SSSR count). The first-order chi connectivity index (χ1) is 13.1. The fourth-order valence-corrected chi connectivity index (χ4v) is 3.74. The summed E-state index contributed by atoms with van der Waals surface area (Å²) in [6.07, 6.45) is 4.53. The summed E-state index contributed by atoms with van der Waals surface area (Å²) in [5, 5.41) is 7.49. The van der Waals surface area contributed by atoms with Gasteiger partial charge in [0.1, 0.15) is 6.54 Å². The Morgan fingerprint density at radius 1 is 1.33 bits per heavy atom. The first-order valence-electron chi connectivity index (χ1n) is 9.56. The molecule has 2 aliphatic rings. The predicted molar refractivity (Wildman–Crippen MR) is 100 cm³/mol. The monoisotopic (exact) mass is 370 g/mol. The van der Waals surface area contributed by atoms with Crippen molar-refractivity contribution in [2.45, 2.75) is 52.3 Å². The molecule has 1 saturated heterocycles. The molecule has 0 spiro atoms. The lowest BCUT2D eigenvalue weighted by atomic mass is 10.1. The normalized spacial score (nSPS) is 17.6. The summed E-state index contributed by atoms with van der Waals surface area (Å²) in [6.45, 7) is 7.21. The molecule has 8 nitrogen and oxygen atoms in total. The zero-order valence-electron chi connectivity index (χ0n) is 15.9. The Hall–Kier alpha value is -2.48. The highest BCUT2D eigenvalue weighted by atomic mass is 16.5. The molecular formula is C19H26N6O2. The average Bonchev–Trinajstić information content (AvgIpc) is 2.98. The van der Waals surface area contributed by atoms with Gasteiger partial charge in [0, 0.05) is 43.0 Å². The molecular weight excluding hydrogens is 344 g/mol. The van der Waals surface area contributed by atoms with Crippen molar-refractivity contribution in [2.24, 2.45) is 0 Å². The van der Waals surface area contributed by atoms with E-state index in [0.29, 0.717) is 6.61 Å². The zero-order chi connectivity index (χ0) is 18.8. The number of fused-ring (bicyclic) bond motifs is 1. The van der Waals surface area contributed by atoms with Crippen molar-refractivity contribution in [2.75, 3.05) is 24.6 Å². The molecule has 144 valence electrons.